The largest absolute Gasteiger partial charge is 0.450 e. The van der Waals surface area contributed by atoms with E-state index in [0.717, 1.165) is 25.2 Å². The van der Waals surface area contributed by atoms with E-state index >= 15 is 0 Å². The third-order valence-corrected chi connectivity index (χ3v) is 2.54. The van der Waals surface area contributed by atoms with Crippen LogP contribution >= 0.6 is 0 Å². The second-order valence-electron chi connectivity index (χ2n) is 4.49. The third-order valence-electron chi connectivity index (χ3n) is 2.54. The summed E-state index contributed by atoms with van der Waals surface area (Å²) < 4.78 is 10.8. The molecule has 0 fully saturated rings. The van der Waals surface area contributed by atoms with Crippen LogP contribution in [0.25, 0.3) is 0 Å². The SMILES string of the molecule is CCCNCc1coc(OCC(C)CCC)n1. The second-order valence-corrected chi connectivity index (χ2v) is 4.49. The lowest BCUT2D eigenvalue weighted by atomic mass is 10.1. The van der Waals surface area contributed by atoms with Gasteiger partial charge >= 0.3 is 6.08 Å². The van der Waals surface area contributed by atoms with Gasteiger partial charge in [-0.25, -0.2) is 0 Å². The fourth-order valence-electron chi connectivity index (χ4n) is 1.62. The molecule has 0 spiro atoms. The number of oxazole rings is 1. The molecule has 0 amide bonds. The van der Waals surface area contributed by atoms with Crippen molar-refractivity contribution in [1.82, 2.24) is 10.3 Å². The summed E-state index contributed by atoms with van der Waals surface area (Å²) in [5, 5.41) is 3.27. The van der Waals surface area contributed by atoms with Gasteiger partial charge in [-0.1, -0.05) is 27.2 Å². The zero-order valence-corrected chi connectivity index (χ0v) is 11.2. The average Bonchev–Trinajstić information content (AvgIpc) is 2.75. The second kappa shape index (κ2) is 8.12. The van der Waals surface area contributed by atoms with E-state index in [9.17, 15) is 0 Å². The fourth-order valence-corrected chi connectivity index (χ4v) is 1.62. The van der Waals surface area contributed by atoms with E-state index < -0.39 is 0 Å². The van der Waals surface area contributed by atoms with Gasteiger partial charge in [0.1, 0.15) is 6.26 Å². The van der Waals surface area contributed by atoms with Crippen LogP contribution in [0.15, 0.2) is 10.7 Å². The normalized spacial score (nSPS) is 12.6. The molecule has 17 heavy (non-hydrogen) atoms. The summed E-state index contributed by atoms with van der Waals surface area (Å²) in [7, 11) is 0. The Kier molecular flexibility index (Phi) is 6.70. The minimum absolute atomic E-state index is 0.390. The number of aromatic nitrogens is 1. The Morgan fingerprint density at radius 1 is 1.41 bits per heavy atom. The molecule has 0 aliphatic heterocycles. The highest BCUT2D eigenvalue weighted by molar-refractivity contribution is 4.99. The van der Waals surface area contributed by atoms with Gasteiger partial charge in [-0.15, -0.1) is 0 Å². The number of hydrogen-bond donors (Lipinski definition) is 1. The van der Waals surface area contributed by atoms with Crippen molar-refractivity contribution in [2.45, 2.75) is 46.6 Å². The Morgan fingerprint density at radius 2 is 2.24 bits per heavy atom. The molecule has 1 unspecified atom stereocenters. The highest BCUT2D eigenvalue weighted by Gasteiger charge is 2.07. The van der Waals surface area contributed by atoms with Crippen LogP contribution in [0.4, 0.5) is 0 Å². The maximum atomic E-state index is 5.50. The van der Waals surface area contributed by atoms with Crippen molar-refractivity contribution in [3.8, 4) is 6.08 Å². The Labute approximate surface area is 104 Å². The first-order chi connectivity index (χ1) is 8.26. The number of rotatable bonds is 9. The molecule has 1 aromatic heterocycles. The molecule has 1 aromatic rings. The lowest BCUT2D eigenvalue weighted by Crippen LogP contribution is -2.14. The van der Waals surface area contributed by atoms with Gasteiger partial charge in [-0.3, -0.25) is 0 Å². The van der Waals surface area contributed by atoms with E-state index in [1.807, 2.05) is 0 Å². The molecule has 1 heterocycles. The number of nitrogens with zero attached hydrogens (tertiary/aromatic N) is 1. The Hall–Kier alpha value is -1.03. The fraction of sp³-hybridized carbons (Fsp3) is 0.769. The zero-order valence-electron chi connectivity index (χ0n) is 11.2. The van der Waals surface area contributed by atoms with Crippen molar-refractivity contribution in [3.05, 3.63) is 12.0 Å². The first kappa shape index (κ1) is 14.0. The van der Waals surface area contributed by atoms with Crippen LogP contribution in [0.5, 0.6) is 6.08 Å². The van der Waals surface area contributed by atoms with Crippen molar-refractivity contribution in [3.63, 3.8) is 0 Å². The van der Waals surface area contributed by atoms with Crippen molar-refractivity contribution in [2.75, 3.05) is 13.2 Å². The van der Waals surface area contributed by atoms with Gasteiger partial charge < -0.3 is 14.5 Å². The van der Waals surface area contributed by atoms with Gasteiger partial charge in [-0.05, 0) is 25.3 Å². The molecule has 0 bridgehead atoms. The quantitative estimate of drug-likeness (QED) is 0.674. The first-order valence-electron chi connectivity index (χ1n) is 6.54. The van der Waals surface area contributed by atoms with Crippen molar-refractivity contribution >= 4 is 0 Å². The molecule has 0 aromatic carbocycles. The molecule has 4 nitrogen and oxygen atoms in total. The minimum Gasteiger partial charge on any atom is -0.450 e. The first-order valence-corrected chi connectivity index (χ1v) is 6.54. The molecule has 0 aliphatic rings. The summed E-state index contributed by atoms with van der Waals surface area (Å²) in [5.41, 5.74) is 0.900. The molecule has 4 heteroatoms. The predicted molar refractivity (Wildman–Crippen MR) is 68.1 cm³/mol. The summed E-state index contributed by atoms with van der Waals surface area (Å²) >= 11 is 0. The van der Waals surface area contributed by atoms with E-state index in [1.165, 1.54) is 12.8 Å². The topological polar surface area (TPSA) is 47.3 Å². The van der Waals surface area contributed by atoms with Crippen LogP contribution in [0.3, 0.4) is 0 Å². The average molecular weight is 240 g/mol. The Bertz CT molecular complexity index is 299. The molecule has 0 radical (unpaired) electrons. The maximum absolute atomic E-state index is 5.50. The van der Waals surface area contributed by atoms with Crippen LogP contribution in [0.2, 0.25) is 0 Å². The number of ether oxygens (including phenoxy) is 1. The van der Waals surface area contributed by atoms with E-state index in [0.29, 0.717) is 18.6 Å². The lowest BCUT2D eigenvalue weighted by molar-refractivity contribution is 0.190. The van der Waals surface area contributed by atoms with E-state index in [4.69, 9.17) is 9.15 Å². The molecule has 1 N–H and O–H groups in total. The van der Waals surface area contributed by atoms with Crippen molar-refractivity contribution < 1.29 is 9.15 Å². The van der Waals surface area contributed by atoms with Crippen LogP contribution in [0.1, 0.15) is 45.7 Å². The van der Waals surface area contributed by atoms with Crippen LogP contribution in [-0.4, -0.2) is 18.1 Å². The summed E-state index contributed by atoms with van der Waals surface area (Å²) in [6.07, 6.45) is 5.52. The molecular formula is C13H24N2O2. The van der Waals surface area contributed by atoms with Crippen molar-refractivity contribution in [2.24, 2.45) is 5.92 Å². The van der Waals surface area contributed by atoms with Gasteiger partial charge in [-0.2, -0.15) is 4.98 Å². The molecule has 1 rings (SSSR count). The molecule has 0 saturated heterocycles. The van der Waals surface area contributed by atoms with E-state index in [2.05, 4.69) is 31.1 Å². The molecule has 0 aliphatic carbocycles. The van der Waals surface area contributed by atoms with Gasteiger partial charge in [0.15, 0.2) is 0 Å². The van der Waals surface area contributed by atoms with Crippen molar-refractivity contribution in [1.29, 1.82) is 0 Å². The van der Waals surface area contributed by atoms with Gasteiger partial charge in [0, 0.05) is 6.54 Å². The molecule has 1 atom stereocenters. The Balaban J connectivity index is 2.25. The summed E-state index contributed by atoms with van der Waals surface area (Å²) in [4.78, 5) is 4.26. The van der Waals surface area contributed by atoms with Crippen LogP contribution in [-0.2, 0) is 6.54 Å². The van der Waals surface area contributed by atoms with Crippen LogP contribution in [0, 0.1) is 5.92 Å². The molecule has 0 saturated carbocycles. The van der Waals surface area contributed by atoms with Gasteiger partial charge in [0.2, 0.25) is 0 Å². The minimum atomic E-state index is 0.390. The highest BCUT2D eigenvalue weighted by Crippen LogP contribution is 2.13. The maximum Gasteiger partial charge on any atom is 0.393 e. The summed E-state index contributed by atoms with van der Waals surface area (Å²) in [5.74, 6) is 0.550. The van der Waals surface area contributed by atoms with E-state index in [-0.39, 0.29) is 0 Å². The molecular weight excluding hydrogens is 216 g/mol. The number of hydrogen-bond acceptors (Lipinski definition) is 4. The predicted octanol–water partition coefficient (Wildman–Crippen LogP) is 2.99. The standard InChI is InChI=1S/C13H24N2O2/c1-4-6-11(3)9-16-13-15-12(10-17-13)8-14-7-5-2/h10-11,14H,4-9H2,1-3H3. The highest BCUT2D eigenvalue weighted by atomic mass is 16.6. The molecule has 98 valence electrons. The van der Waals surface area contributed by atoms with Gasteiger partial charge in [0.25, 0.3) is 0 Å². The summed E-state index contributed by atoms with van der Waals surface area (Å²) in [6, 6.07) is 0. The Morgan fingerprint density at radius 3 is 2.94 bits per heavy atom. The zero-order chi connectivity index (χ0) is 12.5. The van der Waals surface area contributed by atoms with Gasteiger partial charge in [0.05, 0.1) is 12.3 Å². The van der Waals surface area contributed by atoms with Crippen LogP contribution < -0.4 is 10.1 Å². The van der Waals surface area contributed by atoms with E-state index in [1.54, 1.807) is 6.26 Å². The third kappa shape index (κ3) is 5.73. The number of nitrogens with one attached hydrogen (secondary N) is 1. The summed E-state index contributed by atoms with van der Waals surface area (Å²) in [6.45, 7) is 8.91. The monoisotopic (exact) mass is 240 g/mol. The lowest BCUT2D eigenvalue weighted by Gasteiger charge is -2.08. The smallest absolute Gasteiger partial charge is 0.393 e.